The largest absolute Gasteiger partial charge is 0.235 e. The molecule has 9 heavy (non-hydrogen) atoms. The molecular weight excluding hydrogens is 132 g/mol. The highest BCUT2D eigenvalue weighted by Crippen LogP contribution is 2.08. The third kappa shape index (κ3) is 0.910. The second kappa shape index (κ2) is 2.30. The molecule has 1 rings (SSSR count). The molecule has 0 spiro atoms. The monoisotopic (exact) mass is 134 g/mol. The van der Waals surface area contributed by atoms with Crippen molar-refractivity contribution in [1.82, 2.24) is 4.98 Å². The Labute approximate surface area is 56.8 Å². The Morgan fingerprint density at radius 2 is 2.56 bits per heavy atom. The van der Waals surface area contributed by atoms with Crippen molar-refractivity contribution in [2.45, 2.75) is 0 Å². The van der Waals surface area contributed by atoms with Gasteiger partial charge in [0, 0.05) is 0 Å². The fraction of sp³-hybridized carbons (Fsp3) is 0. The molecule has 0 radical (unpaired) electrons. The van der Waals surface area contributed by atoms with Crippen LogP contribution in [0.4, 0.5) is 0 Å². The van der Waals surface area contributed by atoms with E-state index in [0.717, 1.165) is 0 Å². The molecule has 0 aliphatic heterocycles. The first-order valence-electron chi connectivity index (χ1n) is 2.18. The van der Waals surface area contributed by atoms with E-state index in [-0.39, 0.29) is 0 Å². The molecule has 42 valence electrons. The normalized spacial score (nSPS) is 7.78. The van der Waals surface area contributed by atoms with Gasteiger partial charge in [0.1, 0.15) is 16.6 Å². The fourth-order valence-corrected chi connectivity index (χ4v) is 0.968. The molecule has 0 aliphatic carbocycles. The molecule has 0 fully saturated rings. The molecule has 0 saturated heterocycles. The maximum atomic E-state index is 8.36. The summed E-state index contributed by atoms with van der Waals surface area (Å²) in [6.45, 7) is 0. The van der Waals surface area contributed by atoms with Crippen LogP contribution in [0.1, 0.15) is 10.6 Å². The Morgan fingerprint density at radius 3 is 3.00 bits per heavy atom. The van der Waals surface area contributed by atoms with E-state index in [9.17, 15) is 0 Å². The number of nitriles is 1. The molecular formula is C6H2N2S. The minimum atomic E-state index is 0.447. The summed E-state index contributed by atoms with van der Waals surface area (Å²) in [6.07, 6.45) is 5.01. The van der Waals surface area contributed by atoms with Crippen molar-refractivity contribution in [3.8, 4) is 18.4 Å². The Hall–Kier alpha value is -1.32. The number of nitrogens with zero attached hydrogens (tertiary/aromatic N) is 2. The zero-order chi connectivity index (χ0) is 6.69. The van der Waals surface area contributed by atoms with Crippen LogP contribution >= 0.6 is 11.3 Å². The van der Waals surface area contributed by atoms with Gasteiger partial charge in [0.05, 0.1) is 5.51 Å². The summed E-state index contributed by atoms with van der Waals surface area (Å²) < 4.78 is 0. The van der Waals surface area contributed by atoms with Crippen LogP contribution in [0.5, 0.6) is 0 Å². The van der Waals surface area contributed by atoms with Crippen LogP contribution < -0.4 is 0 Å². The second-order valence-corrected chi connectivity index (χ2v) is 2.14. The summed E-state index contributed by atoms with van der Waals surface area (Å²) in [5.74, 6) is 2.30. The van der Waals surface area contributed by atoms with E-state index in [0.29, 0.717) is 10.6 Å². The van der Waals surface area contributed by atoms with E-state index < -0.39 is 0 Å². The summed E-state index contributed by atoms with van der Waals surface area (Å²) in [5.41, 5.74) is 2.01. The zero-order valence-corrected chi connectivity index (χ0v) is 5.27. The van der Waals surface area contributed by atoms with Gasteiger partial charge in [-0.25, -0.2) is 4.98 Å². The van der Waals surface area contributed by atoms with E-state index in [4.69, 9.17) is 11.7 Å². The van der Waals surface area contributed by atoms with E-state index in [1.54, 1.807) is 5.51 Å². The van der Waals surface area contributed by atoms with Gasteiger partial charge in [-0.2, -0.15) is 5.26 Å². The van der Waals surface area contributed by atoms with Gasteiger partial charge in [-0.05, 0) is 5.92 Å². The molecule has 0 aromatic carbocycles. The quantitative estimate of drug-likeness (QED) is 0.496. The van der Waals surface area contributed by atoms with Gasteiger partial charge in [0.15, 0.2) is 0 Å². The van der Waals surface area contributed by atoms with Crippen LogP contribution in [0.25, 0.3) is 0 Å². The van der Waals surface area contributed by atoms with Gasteiger partial charge < -0.3 is 0 Å². The maximum absolute atomic E-state index is 8.36. The minimum Gasteiger partial charge on any atom is -0.235 e. The maximum Gasteiger partial charge on any atom is 0.141 e. The second-order valence-electron chi connectivity index (χ2n) is 1.29. The molecule has 1 aromatic heterocycles. The van der Waals surface area contributed by atoms with Gasteiger partial charge in [-0.3, -0.25) is 0 Å². The van der Waals surface area contributed by atoms with Crippen molar-refractivity contribution in [3.63, 3.8) is 0 Å². The average Bonchev–Trinajstić information content (AvgIpc) is 2.33. The third-order valence-corrected chi connectivity index (χ3v) is 1.54. The van der Waals surface area contributed by atoms with Crippen LogP contribution in [0.2, 0.25) is 0 Å². The molecule has 2 nitrogen and oxygen atoms in total. The number of hydrogen-bond acceptors (Lipinski definition) is 3. The Balaban J connectivity index is 3.22. The van der Waals surface area contributed by atoms with E-state index >= 15 is 0 Å². The van der Waals surface area contributed by atoms with Crippen LogP contribution in [0, 0.1) is 23.7 Å². The summed E-state index contributed by atoms with van der Waals surface area (Å²) in [6, 6.07) is 1.94. The van der Waals surface area contributed by atoms with E-state index in [1.807, 2.05) is 6.07 Å². The predicted octanol–water partition coefficient (Wildman–Crippen LogP) is 0.996. The predicted molar refractivity (Wildman–Crippen MR) is 34.8 cm³/mol. The van der Waals surface area contributed by atoms with Crippen LogP contribution in [0.15, 0.2) is 5.51 Å². The number of hydrogen-bond donors (Lipinski definition) is 0. The van der Waals surface area contributed by atoms with Crippen LogP contribution in [-0.4, -0.2) is 4.98 Å². The lowest BCUT2D eigenvalue weighted by atomic mass is 10.4. The van der Waals surface area contributed by atoms with Crippen molar-refractivity contribution >= 4 is 11.3 Å². The molecule has 0 atom stereocenters. The number of rotatable bonds is 0. The first-order valence-corrected chi connectivity index (χ1v) is 3.06. The lowest BCUT2D eigenvalue weighted by molar-refractivity contribution is 1.36. The van der Waals surface area contributed by atoms with Crippen molar-refractivity contribution in [2.75, 3.05) is 0 Å². The smallest absolute Gasteiger partial charge is 0.141 e. The molecule has 0 aliphatic rings. The van der Waals surface area contributed by atoms with Crippen LogP contribution in [-0.2, 0) is 0 Å². The van der Waals surface area contributed by atoms with Crippen molar-refractivity contribution in [2.24, 2.45) is 0 Å². The molecule has 3 heteroatoms. The number of aromatic nitrogens is 1. The van der Waals surface area contributed by atoms with Gasteiger partial charge in [-0.15, -0.1) is 17.8 Å². The highest BCUT2D eigenvalue weighted by atomic mass is 32.1. The Bertz CT molecular complexity index is 258. The molecule has 0 unspecified atom stereocenters. The van der Waals surface area contributed by atoms with Crippen molar-refractivity contribution in [1.29, 1.82) is 5.26 Å². The standard InChI is InChI=1S/C6H2N2S/c1-2-5-6(3-7)9-4-8-5/h1,4H. The van der Waals surface area contributed by atoms with Gasteiger partial charge in [-0.1, -0.05) is 0 Å². The minimum absolute atomic E-state index is 0.447. The van der Waals surface area contributed by atoms with Crippen molar-refractivity contribution < 1.29 is 0 Å². The van der Waals surface area contributed by atoms with Crippen LogP contribution in [0.3, 0.4) is 0 Å². The van der Waals surface area contributed by atoms with Gasteiger partial charge in [0.25, 0.3) is 0 Å². The molecule has 0 N–H and O–H groups in total. The first-order chi connectivity index (χ1) is 4.38. The topological polar surface area (TPSA) is 36.7 Å². The van der Waals surface area contributed by atoms with Gasteiger partial charge >= 0.3 is 0 Å². The molecule has 1 aromatic rings. The number of terminal acetylenes is 1. The highest BCUT2D eigenvalue weighted by molar-refractivity contribution is 7.10. The first kappa shape index (κ1) is 5.81. The zero-order valence-electron chi connectivity index (χ0n) is 4.46. The SMILES string of the molecule is C#Cc1ncsc1C#N. The Kier molecular flexibility index (Phi) is 1.48. The summed E-state index contributed by atoms with van der Waals surface area (Å²) in [7, 11) is 0. The average molecular weight is 134 g/mol. The molecule has 1 heterocycles. The molecule has 0 saturated carbocycles. The summed E-state index contributed by atoms with van der Waals surface area (Å²) >= 11 is 1.26. The van der Waals surface area contributed by atoms with E-state index in [2.05, 4.69) is 10.9 Å². The third-order valence-electron chi connectivity index (χ3n) is 0.806. The summed E-state index contributed by atoms with van der Waals surface area (Å²) in [4.78, 5) is 4.28. The fourth-order valence-electron chi connectivity index (χ4n) is 0.428. The van der Waals surface area contributed by atoms with Gasteiger partial charge in [0.2, 0.25) is 0 Å². The summed E-state index contributed by atoms with van der Waals surface area (Å²) in [5, 5.41) is 8.36. The lowest BCUT2D eigenvalue weighted by Gasteiger charge is -1.74. The van der Waals surface area contributed by atoms with Crippen molar-refractivity contribution in [3.05, 3.63) is 16.1 Å². The lowest BCUT2D eigenvalue weighted by Crippen LogP contribution is -1.74. The number of thiazole rings is 1. The molecule has 0 bridgehead atoms. The van der Waals surface area contributed by atoms with E-state index in [1.165, 1.54) is 11.3 Å². The molecule has 0 amide bonds. The Morgan fingerprint density at radius 1 is 1.78 bits per heavy atom. The highest BCUT2D eigenvalue weighted by Gasteiger charge is 1.98.